The van der Waals surface area contributed by atoms with Gasteiger partial charge in [0.15, 0.2) is 0 Å². The fourth-order valence-electron chi connectivity index (χ4n) is 3.03. The first-order valence-electron chi connectivity index (χ1n) is 9.03. The van der Waals surface area contributed by atoms with Crippen molar-refractivity contribution in [3.63, 3.8) is 0 Å². The van der Waals surface area contributed by atoms with E-state index in [1.165, 1.54) is 11.3 Å². The first-order chi connectivity index (χ1) is 14.0. The van der Waals surface area contributed by atoms with Crippen LogP contribution in [0.25, 0.3) is 22.0 Å². The molecule has 3 heterocycles. The summed E-state index contributed by atoms with van der Waals surface area (Å²) in [5.41, 5.74) is 4.00. The third kappa shape index (κ3) is 4.00. The number of benzene rings is 1. The molecule has 0 aliphatic heterocycles. The van der Waals surface area contributed by atoms with E-state index in [1.807, 2.05) is 53.4 Å². The lowest BCUT2D eigenvalue weighted by Gasteiger charge is -2.06. The van der Waals surface area contributed by atoms with Crippen LogP contribution in [0.15, 0.2) is 71.1 Å². The van der Waals surface area contributed by atoms with Gasteiger partial charge in [0.2, 0.25) is 10.0 Å². The predicted molar refractivity (Wildman–Crippen MR) is 115 cm³/mol. The number of rotatable bonds is 6. The van der Waals surface area contributed by atoms with Crippen LogP contribution in [0, 0.1) is 6.92 Å². The quantitative estimate of drug-likeness (QED) is 0.508. The predicted octanol–water partition coefficient (Wildman–Crippen LogP) is 4.00. The molecule has 0 fully saturated rings. The van der Waals surface area contributed by atoms with Gasteiger partial charge >= 0.3 is 0 Å². The number of hydrogen-bond donors (Lipinski definition) is 1. The zero-order valence-electron chi connectivity index (χ0n) is 16.0. The summed E-state index contributed by atoms with van der Waals surface area (Å²) in [6.45, 7) is 1.94. The minimum Gasteiger partial charge on any atom is -0.345 e. The SMILES string of the molecule is Cc1c(S(=O)(=O)NCc2ccccn2)cc(-c2nc(-c3ccccc3)cs2)n1C. The fourth-order valence-corrected chi connectivity index (χ4v) is 5.20. The van der Waals surface area contributed by atoms with E-state index in [-0.39, 0.29) is 11.4 Å². The number of pyridine rings is 1. The molecule has 1 aromatic carbocycles. The Hall–Kier alpha value is -2.81. The van der Waals surface area contributed by atoms with Gasteiger partial charge in [0.1, 0.15) is 9.90 Å². The van der Waals surface area contributed by atoms with Gasteiger partial charge in [-0.05, 0) is 25.1 Å². The van der Waals surface area contributed by atoms with Gasteiger partial charge in [-0.1, -0.05) is 36.4 Å². The monoisotopic (exact) mass is 424 g/mol. The van der Waals surface area contributed by atoms with Crippen LogP contribution in [0.1, 0.15) is 11.4 Å². The highest BCUT2D eigenvalue weighted by atomic mass is 32.2. The number of nitrogens with one attached hydrogen (secondary N) is 1. The molecule has 0 saturated heterocycles. The van der Waals surface area contributed by atoms with Gasteiger partial charge in [-0.3, -0.25) is 4.98 Å². The zero-order chi connectivity index (χ0) is 20.4. The van der Waals surface area contributed by atoms with Crippen LogP contribution in [0.4, 0.5) is 0 Å². The van der Waals surface area contributed by atoms with E-state index in [2.05, 4.69) is 9.71 Å². The molecule has 0 radical (unpaired) electrons. The van der Waals surface area contributed by atoms with Crippen LogP contribution in [-0.4, -0.2) is 23.0 Å². The number of nitrogens with zero attached hydrogens (tertiary/aromatic N) is 3. The van der Waals surface area contributed by atoms with Crippen molar-refractivity contribution in [1.29, 1.82) is 0 Å². The molecular formula is C21H20N4O2S2. The third-order valence-corrected chi connectivity index (χ3v) is 7.12. The number of hydrogen-bond acceptors (Lipinski definition) is 5. The standard InChI is InChI=1S/C21H20N4O2S2/c1-15-20(29(26,27)23-13-17-10-6-7-11-22-17)12-19(25(15)2)21-24-18(14-28-21)16-8-4-3-5-9-16/h3-12,14,23H,13H2,1-2H3. The van der Waals surface area contributed by atoms with Crippen molar-refractivity contribution in [2.75, 3.05) is 0 Å². The van der Waals surface area contributed by atoms with E-state index in [9.17, 15) is 8.42 Å². The molecule has 0 aliphatic carbocycles. The lowest BCUT2D eigenvalue weighted by molar-refractivity contribution is 0.579. The summed E-state index contributed by atoms with van der Waals surface area (Å²) in [6, 6.07) is 17.0. The topological polar surface area (TPSA) is 76.9 Å². The fraction of sp³-hybridized carbons (Fsp3) is 0.143. The Morgan fingerprint density at radius 2 is 1.86 bits per heavy atom. The van der Waals surface area contributed by atoms with E-state index < -0.39 is 10.0 Å². The van der Waals surface area contributed by atoms with E-state index in [1.54, 1.807) is 31.3 Å². The van der Waals surface area contributed by atoms with Gasteiger partial charge in [0.05, 0.1) is 23.6 Å². The average molecular weight is 425 g/mol. The van der Waals surface area contributed by atoms with Crippen LogP contribution < -0.4 is 4.72 Å². The molecule has 6 nitrogen and oxygen atoms in total. The minimum absolute atomic E-state index is 0.141. The summed E-state index contributed by atoms with van der Waals surface area (Å²) in [4.78, 5) is 9.13. The van der Waals surface area contributed by atoms with Crippen LogP contribution in [0.5, 0.6) is 0 Å². The maximum Gasteiger partial charge on any atom is 0.242 e. The van der Waals surface area contributed by atoms with E-state index in [0.717, 1.165) is 22.0 Å². The van der Waals surface area contributed by atoms with Gasteiger partial charge in [0, 0.05) is 29.9 Å². The summed E-state index contributed by atoms with van der Waals surface area (Å²) in [6.07, 6.45) is 1.64. The molecule has 4 rings (SSSR count). The van der Waals surface area contributed by atoms with Crippen LogP contribution in [0.3, 0.4) is 0 Å². The highest BCUT2D eigenvalue weighted by molar-refractivity contribution is 7.89. The Kier molecular flexibility index (Phi) is 5.31. The van der Waals surface area contributed by atoms with Crippen molar-refractivity contribution in [1.82, 2.24) is 19.3 Å². The lowest BCUT2D eigenvalue weighted by Crippen LogP contribution is -2.24. The molecular weight excluding hydrogens is 404 g/mol. The number of thiazole rings is 1. The minimum atomic E-state index is -3.68. The molecule has 0 amide bonds. The molecule has 1 N–H and O–H groups in total. The van der Waals surface area contributed by atoms with Gasteiger partial charge in [-0.25, -0.2) is 18.1 Å². The first kappa shape index (κ1) is 19.5. The second kappa shape index (κ2) is 7.90. The normalized spacial score (nSPS) is 11.7. The third-order valence-electron chi connectivity index (χ3n) is 4.74. The summed E-state index contributed by atoms with van der Waals surface area (Å²) < 4.78 is 30.3. The van der Waals surface area contributed by atoms with Gasteiger partial charge in [0.25, 0.3) is 0 Å². The average Bonchev–Trinajstić information content (AvgIpc) is 3.34. The molecule has 148 valence electrons. The molecule has 3 aromatic heterocycles. The zero-order valence-corrected chi connectivity index (χ0v) is 17.7. The molecule has 0 aliphatic rings. The Morgan fingerprint density at radius 1 is 1.10 bits per heavy atom. The van der Waals surface area contributed by atoms with Crippen molar-refractivity contribution >= 4 is 21.4 Å². The number of aromatic nitrogens is 3. The van der Waals surface area contributed by atoms with Crippen molar-refractivity contribution < 1.29 is 8.42 Å². The molecule has 0 atom stereocenters. The largest absolute Gasteiger partial charge is 0.345 e. The van der Waals surface area contributed by atoms with Crippen molar-refractivity contribution in [3.05, 3.63) is 77.6 Å². The molecule has 0 unspecified atom stereocenters. The van der Waals surface area contributed by atoms with Gasteiger partial charge in [-0.15, -0.1) is 11.3 Å². The molecule has 0 saturated carbocycles. The summed E-state index contributed by atoms with van der Waals surface area (Å²) >= 11 is 1.50. The second-order valence-corrected chi connectivity index (χ2v) is 9.18. The first-order valence-corrected chi connectivity index (χ1v) is 11.4. The lowest BCUT2D eigenvalue weighted by atomic mass is 10.2. The summed E-state index contributed by atoms with van der Waals surface area (Å²) in [5.74, 6) is 0. The number of sulfonamides is 1. The Balaban J connectivity index is 1.63. The highest BCUT2D eigenvalue weighted by Gasteiger charge is 2.23. The maximum absolute atomic E-state index is 12.9. The van der Waals surface area contributed by atoms with Gasteiger partial charge < -0.3 is 4.57 Å². The second-order valence-electron chi connectivity index (χ2n) is 6.59. The molecule has 4 aromatic rings. The van der Waals surface area contributed by atoms with Crippen LogP contribution in [-0.2, 0) is 23.6 Å². The van der Waals surface area contributed by atoms with Crippen LogP contribution in [0.2, 0.25) is 0 Å². The van der Waals surface area contributed by atoms with Gasteiger partial charge in [-0.2, -0.15) is 0 Å². The Bertz CT molecular complexity index is 1230. The van der Waals surface area contributed by atoms with Crippen LogP contribution >= 0.6 is 11.3 Å². The Labute approximate surface area is 174 Å². The Morgan fingerprint density at radius 3 is 2.59 bits per heavy atom. The maximum atomic E-state index is 12.9. The smallest absolute Gasteiger partial charge is 0.242 e. The molecule has 0 spiro atoms. The summed E-state index contributed by atoms with van der Waals surface area (Å²) in [7, 11) is -1.82. The van der Waals surface area contributed by atoms with E-state index >= 15 is 0 Å². The summed E-state index contributed by atoms with van der Waals surface area (Å²) in [5, 5.41) is 2.76. The van der Waals surface area contributed by atoms with E-state index in [4.69, 9.17) is 4.98 Å². The molecule has 0 bridgehead atoms. The van der Waals surface area contributed by atoms with Crippen molar-refractivity contribution in [2.45, 2.75) is 18.4 Å². The highest BCUT2D eigenvalue weighted by Crippen LogP contribution is 2.32. The molecule has 29 heavy (non-hydrogen) atoms. The molecule has 8 heteroatoms. The van der Waals surface area contributed by atoms with E-state index in [0.29, 0.717) is 11.4 Å². The van der Waals surface area contributed by atoms with Crippen molar-refractivity contribution in [3.8, 4) is 22.0 Å². The van der Waals surface area contributed by atoms with Crippen molar-refractivity contribution in [2.24, 2.45) is 7.05 Å².